The zero-order valence-electron chi connectivity index (χ0n) is 13.3. The highest BCUT2D eigenvalue weighted by atomic mass is 16.5. The number of nitrogens with zero attached hydrogens (tertiary/aromatic N) is 2. The lowest BCUT2D eigenvalue weighted by Crippen LogP contribution is -2.40. The first-order chi connectivity index (χ1) is 11.2. The number of piperidine rings is 1. The number of ether oxygens (including phenoxy) is 1. The fourth-order valence-electron chi connectivity index (χ4n) is 3.17. The maximum atomic E-state index is 11.4. The Labute approximate surface area is 135 Å². The molecule has 1 N–H and O–H groups in total. The van der Waals surface area contributed by atoms with Crippen LogP contribution in [0.2, 0.25) is 0 Å². The number of fused-ring (bicyclic) bond motifs is 1. The number of esters is 1. The summed E-state index contributed by atoms with van der Waals surface area (Å²) in [4.78, 5) is 18.4. The fourth-order valence-corrected chi connectivity index (χ4v) is 3.17. The normalized spacial score (nSPS) is 18.0. The summed E-state index contributed by atoms with van der Waals surface area (Å²) in [6, 6.07) is 12.3. The van der Waals surface area contributed by atoms with Gasteiger partial charge in [0.2, 0.25) is 0 Å². The number of carbonyl (C=O) groups excluding carboxylic acids is 1. The van der Waals surface area contributed by atoms with Gasteiger partial charge in [-0.2, -0.15) is 0 Å². The molecule has 0 bridgehead atoms. The van der Waals surface area contributed by atoms with Gasteiger partial charge in [0.05, 0.1) is 18.3 Å². The van der Waals surface area contributed by atoms with Gasteiger partial charge < -0.3 is 9.84 Å². The van der Waals surface area contributed by atoms with Crippen LogP contribution in [0.15, 0.2) is 36.4 Å². The Morgan fingerprint density at radius 1 is 1.30 bits per heavy atom. The smallest absolute Gasteiger partial charge is 0.334 e. The lowest BCUT2D eigenvalue weighted by molar-refractivity contribution is -0.154. The van der Waals surface area contributed by atoms with Crippen molar-refractivity contribution >= 4 is 16.9 Å². The van der Waals surface area contributed by atoms with E-state index in [1.165, 1.54) is 7.11 Å². The third kappa shape index (κ3) is 3.68. The molecule has 1 aliphatic heterocycles. The van der Waals surface area contributed by atoms with Crippen LogP contribution in [0, 0.1) is 5.92 Å². The molecular weight excluding hydrogens is 292 g/mol. The lowest BCUT2D eigenvalue weighted by Gasteiger charge is -2.33. The van der Waals surface area contributed by atoms with Crippen molar-refractivity contribution in [2.75, 3.05) is 20.2 Å². The molecule has 1 fully saturated rings. The van der Waals surface area contributed by atoms with Crippen molar-refractivity contribution < 1.29 is 14.6 Å². The van der Waals surface area contributed by atoms with E-state index in [4.69, 9.17) is 4.98 Å². The van der Waals surface area contributed by atoms with Crippen LogP contribution < -0.4 is 0 Å². The van der Waals surface area contributed by atoms with Crippen LogP contribution in [0.4, 0.5) is 0 Å². The average molecular weight is 314 g/mol. The van der Waals surface area contributed by atoms with E-state index in [-0.39, 0.29) is 5.92 Å². The third-order valence-electron chi connectivity index (χ3n) is 4.56. The Kier molecular flexibility index (Phi) is 4.88. The Hall–Kier alpha value is -1.98. The number of aliphatic hydroxyl groups excluding tert-OH is 1. The fraction of sp³-hybridized carbons (Fsp3) is 0.444. The monoisotopic (exact) mass is 314 g/mol. The van der Waals surface area contributed by atoms with Crippen LogP contribution in [0.5, 0.6) is 0 Å². The number of pyridine rings is 1. The third-order valence-corrected chi connectivity index (χ3v) is 4.56. The van der Waals surface area contributed by atoms with Crippen molar-refractivity contribution in [3.8, 4) is 0 Å². The molecule has 1 aromatic heterocycles. The van der Waals surface area contributed by atoms with E-state index >= 15 is 0 Å². The van der Waals surface area contributed by atoms with E-state index in [0.29, 0.717) is 0 Å². The highest BCUT2D eigenvalue weighted by molar-refractivity contribution is 5.78. The largest absolute Gasteiger partial charge is 0.467 e. The zero-order chi connectivity index (χ0) is 16.2. The lowest BCUT2D eigenvalue weighted by atomic mass is 9.91. The van der Waals surface area contributed by atoms with Gasteiger partial charge in [-0.3, -0.25) is 9.88 Å². The number of para-hydroxylation sites is 1. The molecule has 1 saturated heterocycles. The summed E-state index contributed by atoms with van der Waals surface area (Å²) in [6.07, 6.45) is 0.592. The van der Waals surface area contributed by atoms with E-state index < -0.39 is 12.1 Å². The summed E-state index contributed by atoms with van der Waals surface area (Å²) in [5.41, 5.74) is 2.07. The van der Waals surface area contributed by atoms with E-state index in [9.17, 15) is 9.90 Å². The molecule has 122 valence electrons. The van der Waals surface area contributed by atoms with Crippen LogP contribution >= 0.6 is 0 Å². The summed E-state index contributed by atoms with van der Waals surface area (Å²) in [5, 5.41) is 11.1. The van der Waals surface area contributed by atoms with Gasteiger partial charge in [-0.1, -0.05) is 24.3 Å². The minimum Gasteiger partial charge on any atom is -0.467 e. The molecule has 0 unspecified atom stereocenters. The highest BCUT2D eigenvalue weighted by Crippen LogP contribution is 2.23. The summed E-state index contributed by atoms with van der Waals surface area (Å²) >= 11 is 0. The second-order valence-corrected chi connectivity index (χ2v) is 6.08. The number of hydrogen-bond acceptors (Lipinski definition) is 5. The van der Waals surface area contributed by atoms with Crippen LogP contribution in [0.1, 0.15) is 18.5 Å². The molecule has 23 heavy (non-hydrogen) atoms. The number of aliphatic hydroxyl groups is 1. The Morgan fingerprint density at radius 3 is 2.78 bits per heavy atom. The molecule has 0 saturated carbocycles. The van der Waals surface area contributed by atoms with Gasteiger partial charge in [0.1, 0.15) is 0 Å². The van der Waals surface area contributed by atoms with Crippen LogP contribution in [-0.4, -0.2) is 47.3 Å². The first-order valence-electron chi connectivity index (χ1n) is 8.00. The van der Waals surface area contributed by atoms with Gasteiger partial charge in [-0.25, -0.2) is 4.79 Å². The second-order valence-electron chi connectivity index (χ2n) is 6.08. The number of aromatic nitrogens is 1. The van der Waals surface area contributed by atoms with Gasteiger partial charge in [-0.05, 0) is 44.0 Å². The number of likely N-dealkylation sites (tertiary alicyclic amines) is 1. The molecule has 2 aromatic rings. The number of carbonyl (C=O) groups is 1. The molecule has 1 atom stereocenters. The first kappa shape index (κ1) is 15.9. The van der Waals surface area contributed by atoms with Crippen molar-refractivity contribution in [3.63, 3.8) is 0 Å². The quantitative estimate of drug-likeness (QED) is 0.874. The summed E-state index contributed by atoms with van der Waals surface area (Å²) < 4.78 is 4.62. The molecule has 2 heterocycles. The molecule has 5 heteroatoms. The molecule has 0 radical (unpaired) electrons. The van der Waals surface area contributed by atoms with Crippen molar-refractivity contribution in [2.24, 2.45) is 5.92 Å². The van der Waals surface area contributed by atoms with Crippen LogP contribution in [-0.2, 0) is 16.1 Å². The number of methoxy groups -OCH3 is 1. The molecule has 0 aliphatic carbocycles. The summed E-state index contributed by atoms with van der Waals surface area (Å²) in [6.45, 7) is 2.51. The SMILES string of the molecule is COC(=O)[C@H](O)C1CCN(Cc2ccc3ccccc3n2)CC1. The molecule has 0 spiro atoms. The molecule has 3 rings (SSSR count). The van der Waals surface area contributed by atoms with Gasteiger partial charge >= 0.3 is 5.97 Å². The molecule has 1 aliphatic rings. The maximum absolute atomic E-state index is 11.4. The van der Waals surface area contributed by atoms with E-state index in [2.05, 4.69) is 27.8 Å². The van der Waals surface area contributed by atoms with Gasteiger partial charge in [0, 0.05) is 11.9 Å². The minimum absolute atomic E-state index is 0.0109. The minimum atomic E-state index is -0.999. The zero-order valence-corrected chi connectivity index (χ0v) is 13.3. The Bertz CT molecular complexity index is 681. The van der Waals surface area contributed by atoms with E-state index in [1.807, 2.05) is 18.2 Å². The van der Waals surface area contributed by atoms with Crippen molar-refractivity contribution in [1.29, 1.82) is 0 Å². The van der Waals surface area contributed by atoms with Crippen molar-refractivity contribution in [1.82, 2.24) is 9.88 Å². The molecule has 0 amide bonds. The standard InChI is InChI=1S/C18H22N2O3/c1-23-18(22)17(21)14-8-10-20(11-9-14)12-15-7-6-13-4-2-3-5-16(13)19-15/h2-7,14,17,21H,8-12H2,1H3/t17-/m1/s1. The Morgan fingerprint density at radius 2 is 2.04 bits per heavy atom. The van der Waals surface area contributed by atoms with Gasteiger partial charge in [0.15, 0.2) is 6.10 Å². The number of benzene rings is 1. The molecular formula is C18H22N2O3. The molecule has 1 aromatic carbocycles. The van der Waals surface area contributed by atoms with Crippen LogP contribution in [0.25, 0.3) is 10.9 Å². The van der Waals surface area contributed by atoms with Crippen LogP contribution in [0.3, 0.4) is 0 Å². The highest BCUT2D eigenvalue weighted by Gasteiger charge is 2.30. The molecule has 5 nitrogen and oxygen atoms in total. The van der Waals surface area contributed by atoms with E-state index in [0.717, 1.165) is 49.1 Å². The van der Waals surface area contributed by atoms with Crippen molar-refractivity contribution in [2.45, 2.75) is 25.5 Å². The summed E-state index contributed by atoms with van der Waals surface area (Å²) in [7, 11) is 1.31. The topological polar surface area (TPSA) is 62.7 Å². The van der Waals surface area contributed by atoms with Crippen molar-refractivity contribution in [3.05, 3.63) is 42.1 Å². The number of hydrogen-bond donors (Lipinski definition) is 1. The predicted octanol–water partition coefficient (Wildman–Crippen LogP) is 1.98. The summed E-state index contributed by atoms with van der Waals surface area (Å²) in [5.74, 6) is -0.539. The maximum Gasteiger partial charge on any atom is 0.334 e. The van der Waals surface area contributed by atoms with Gasteiger partial charge in [0.25, 0.3) is 0 Å². The Balaban J connectivity index is 1.58. The first-order valence-corrected chi connectivity index (χ1v) is 8.00. The average Bonchev–Trinajstić information content (AvgIpc) is 2.61. The predicted molar refractivity (Wildman–Crippen MR) is 87.8 cm³/mol. The van der Waals surface area contributed by atoms with E-state index in [1.54, 1.807) is 0 Å². The van der Waals surface area contributed by atoms with Gasteiger partial charge in [-0.15, -0.1) is 0 Å². The second kappa shape index (κ2) is 7.06. The number of rotatable bonds is 4.